The van der Waals surface area contributed by atoms with Gasteiger partial charge in [-0.2, -0.15) is 0 Å². The van der Waals surface area contributed by atoms with Crippen LogP contribution in [-0.2, 0) is 4.79 Å². The number of aromatic hydroxyl groups is 1. The SMILES string of the molecule is Cc1ccc(O)c(C(C)N(C)CC(=O)NCC(C)C)c1. The Bertz CT molecular complexity index is 458. The zero-order chi connectivity index (χ0) is 15.3. The summed E-state index contributed by atoms with van der Waals surface area (Å²) in [5, 5.41) is 12.8. The molecule has 1 unspecified atom stereocenters. The lowest BCUT2D eigenvalue weighted by Crippen LogP contribution is -2.37. The summed E-state index contributed by atoms with van der Waals surface area (Å²) in [7, 11) is 1.89. The Morgan fingerprint density at radius 3 is 2.60 bits per heavy atom. The quantitative estimate of drug-likeness (QED) is 0.840. The second-order valence-corrected chi connectivity index (χ2v) is 5.85. The van der Waals surface area contributed by atoms with E-state index in [2.05, 4.69) is 19.2 Å². The number of nitrogens with zero attached hydrogens (tertiary/aromatic N) is 1. The Balaban J connectivity index is 2.64. The Morgan fingerprint density at radius 2 is 2.00 bits per heavy atom. The molecule has 0 aliphatic carbocycles. The molecule has 0 aliphatic heterocycles. The molecule has 0 aromatic heterocycles. The molecule has 0 aliphatic rings. The van der Waals surface area contributed by atoms with Crippen LogP contribution in [-0.4, -0.2) is 36.1 Å². The van der Waals surface area contributed by atoms with Crippen LogP contribution in [0.25, 0.3) is 0 Å². The van der Waals surface area contributed by atoms with E-state index in [1.165, 1.54) is 0 Å². The van der Waals surface area contributed by atoms with Crippen LogP contribution >= 0.6 is 0 Å². The van der Waals surface area contributed by atoms with E-state index in [4.69, 9.17) is 0 Å². The van der Waals surface area contributed by atoms with Gasteiger partial charge in [0.2, 0.25) is 5.91 Å². The highest BCUT2D eigenvalue weighted by molar-refractivity contribution is 5.78. The predicted molar refractivity (Wildman–Crippen MR) is 81.7 cm³/mol. The fourth-order valence-electron chi connectivity index (χ4n) is 1.98. The number of hydrogen-bond acceptors (Lipinski definition) is 3. The second-order valence-electron chi connectivity index (χ2n) is 5.85. The van der Waals surface area contributed by atoms with E-state index < -0.39 is 0 Å². The third-order valence-corrected chi connectivity index (χ3v) is 3.39. The van der Waals surface area contributed by atoms with Crippen LogP contribution in [0.5, 0.6) is 5.75 Å². The lowest BCUT2D eigenvalue weighted by atomic mass is 10.0. The average Bonchev–Trinajstić information content (AvgIpc) is 2.38. The van der Waals surface area contributed by atoms with Crippen LogP contribution in [0.15, 0.2) is 18.2 Å². The number of aryl methyl sites for hydroxylation is 1. The maximum absolute atomic E-state index is 11.8. The van der Waals surface area contributed by atoms with Crippen LogP contribution < -0.4 is 5.32 Å². The number of hydrogen-bond donors (Lipinski definition) is 2. The molecule has 20 heavy (non-hydrogen) atoms. The predicted octanol–water partition coefficient (Wildman–Crippen LogP) is 2.47. The maximum Gasteiger partial charge on any atom is 0.234 e. The van der Waals surface area contributed by atoms with Crippen LogP contribution in [0.4, 0.5) is 0 Å². The number of carbonyl (C=O) groups excluding carboxylic acids is 1. The van der Waals surface area contributed by atoms with Crippen molar-refractivity contribution in [3.63, 3.8) is 0 Å². The molecule has 1 rings (SSSR count). The van der Waals surface area contributed by atoms with Crippen molar-refractivity contribution in [1.82, 2.24) is 10.2 Å². The molecule has 0 saturated heterocycles. The van der Waals surface area contributed by atoms with Crippen molar-refractivity contribution < 1.29 is 9.90 Å². The van der Waals surface area contributed by atoms with Gasteiger partial charge in [-0.05, 0) is 32.9 Å². The number of phenols is 1. The fourth-order valence-corrected chi connectivity index (χ4v) is 1.98. The minimum Gasteiger partial charge on any atom is -0.508 e. The largest absolute Gasteiger partial charge is 0.508 e. The highest BCUT2D eigenvalue weighted by Crippen LogP contribution is 2.28. The summed E-state index contributed by atoms with van der Waals surface area (Å²) in [6.07, 6.45) is 0. The Hall–Kier alpha value is -1.55. The van der Waals surface area contributed by atoms with Crippen molar-refractivity contribution in [2.45, 2.75) is 33.7 Å². The van der Waals surface area contributed by atoms with Gasteiger partial charge in [0.15, 0.2) is 0 Å². The van der Waals surface area contributed by atoms with Crippen molar-refractivity contribution >= 4 is 5.91 Å². The first kappa shape index (κ1) is 16.5. The number of phenolic OH excluding ortho intramolecular Hbond substituents is 1. The number of benzene rings is 1. The van der Waals surface area contributed by atoms with Crippen molar-refractivity contribution in [3.8, 4) is 5.75 Å². The summed E-state index contributed by atoms with van der Waals surface area (Å²) in [5.74, 6) is 0.736. The zero-order valence-corrected chi connectivity index (χ0v) is 13.1. The molecular formula is C16H26N2O2. The molecule has 0 spiro atoms. The highest BCUT2D eigenvalue weighted by Gasteiger charge is 2.17. The highest BCUT2D eigenvalue weighted by atomic mass is 16.3. The van der Waals surface area contributed by atoms with Gasteiger partial charge in [0, 0.05) is 18.2 Å². The smallest absolute Gasteiger partial charge is 0.234 e. The van der Waals surface area contributed by atoms with Gasteiger partial charge in [0.05, 0.1) is 6.54 Å². The van der Waals surface area contributed by atoms with Gasteiger partial charge in [-0.1, -0.05) is 31.5 Å². The van der Waals surface area contributed by atoms with Crippen molar-refractivity contribution in [1.29, 1.82) is 0 Å². The van der Waals surface area contributed by atoms with Crippen molar-refractivity contribution in [2.24, 2.45) is 5.92 Å². The topological polar surface area (TPSA) is 52.6 Å². The van der Waals surface area contributed by atoms with E-state index >= 15 is 0 Å². The second kappa shape index (κ2) is 7.29. The molecule has 0 radical (unpaired) electrons. The standard InChI is InChI=1S/C16H26N2O2/c1-11(2)9-17-16(20)10-18(5)13(4)14-8-12(3)6-7-15(14)19/h6-8,11,13,19H,9-10H2,1-5H3,(H,17,20). The maximum atomic E-state index is 11.8. The van der Waals surface area contributed by atoms with E-state index in [9.17, 15) is 9.90 Å². The minimum absolute atomic E-state index is 0.0141. The first-order chi connectivity index (χ1) is 9.31. The Labute approximate surface area is 121 Å². The van der Waals surface area contributed by atoms with E-state index in [1.807, 2.05) is 37.9 Å². The normalized spacial score (nSPS) is 12.8. The third-order valence-electron chi connectivity index (χ3n) is 3.39. The first-order valence-corrected chi connectivity index (χ1v) is 7.07. The summed E-state index contributed by atoms with van der Waals surface area (Å²) in [5.41, 5.74) is 1.95. The molecule has 0 heterocycles. The van der Waals surface area contributed by atoms with Gasteiger partial charge in [-0.15, -0.1) is 0 Å². The lowest BCUT2D eigenvalue weighted by molar-refractivity contribution is -0.122. The van der Waals surface area contributed by atoms with Gasteiger partial charge in [0.1, 0.15) is 5.75 Å². The number of carbonyl (C=O) groups is 1. The molecule has 1 aromatic rings. The molecule has 4 heteroatoms. The minimum atomic E-state index is -0.0142. The number of rotatable bonds is 6. The summed E-state index contributed by atoms with van der Waals surface area (Å²) in [6.45, 7) is 9.13. The van der Waals surface area contributed by atoms with Crippen molar-refractivity contribution in [3.05, 3.63) is 29.3 Å². The van der Waals surface area contributed by atoms with Gasteiger partial charge < -0.3 is 10.4 Å². The van der Waals surface area contributed by atoms with E-state index in [1.54, 1.807) is 6.07 Å². The van der Waals surface area contributed by atoms with Gasteiger partial charge in [-0.3, -0.25) is 9.69 Å². The summed E-state index contributed by atoms with van der Waals surface area (Å²) in [6, 6.07) is 5.52. The number of nitrogens with one attached hydrogen (secondary N) is 1. The molecule has 2 N–H and O–H groups in total. The molecule has 1 atom stereocenters. The van der Waals surface area contributed by atoms with Crippen LogP contribution in [0.3, 0.4) is 0 Å². The van der Waals surface area contributed by atoms with E-state index in [0.29, 0.717) is 19.0 Å². The Morgan fingerprint density at radius 1 is 1.35 bits per heavy atom. The van der Waals surface area contributed by atoms with Crippen LogP contribution in [0.1, 0.15) is 37.9 Å². The van der Waals surface area contributed by atoms with E-state index in [0.717, 1.165) is 11.1 Å². The van der Waals surface area contributed by atoms with Crippen molar-refractivity contribution in [2.75, 3.05) is 20.1 Å². The number of amides is 1. The van der Waals surface area contributed by atoms with Gasteiger partial charge in [0.25, 0.3) is 0 Å². The molecule has 4 nitrogen and oxygen atoms in total. The van der Waals surface area contributed by atoms with E-state index in [-0.39, 0.29) is 17.7 Å². The first-order valence-electron chi connectivity index (χ1n) is 7.07. The average molecular weight is 278 g/mol. The molecule has 0 saturated carbocycles. The fraction of sp³-hybridized carbons (Fsp3) is 0.562. The Kier molecular flexibility index (Phi) is 6.02. The van der Waals surface area contributed by atoms with Crippen LogP contribution in [0, 0.1) is 12.8 Å². The summed E-state index contributed by atoms with van der Waals surface area (Å²) in [4.78, 5) is 13.8. The molecule has 112 valence electrons. The lowest BCUT2D eigenvalue weighted by Gasteiger charge is -2.25. The monoisotopic (exact) mass is 278 g/mol. The molecule has 0 bridgehead atoms. The number of likely N-dealkylation sites (N-methyl/N-ethyl adjacent to an activating group) is 1. The zero-order valence-electron chi connectivity index (χ0n) is 13.1. The molecule has 1 amide bonds. The van der Waals surface area contributed by atoms with Gasteiger partial charge in [-0.25, -0.2) is 0 Å². The third kappa shape index (κ3) is 4.85. The summed E-state index contributed by atoms with van der Waals surface area (Å²) < 4.78 is 0. The molecule has 1 aromatic carbocycles. The summed E-state index contributed by atoms with van der Waals surface area (Å²) >= 11 is 0. The molecule has 0 fully saturated rings. The van der Waals surface area contributed by atoms with Crippen LogP contribution in [0.2, 0.25) is 0 Å². The molecular weight excluding hydrogens is 252 g/mol. The van der Waals surface area contributed by atoms with Gasteiger partial charge >= 0.3 is 0 Å².